The molecular formula is C24H29NO2. The minimum absolute atomic E-state index is 0.211. The Bertz CT molecular complexity index is 804. The number of benzene rings is 2. The predicted octanol–water partition coefficient (Wildman–Crippen LogP) is 4.87. The van der Waals surface area contributed by atoms with Crippen LogP contribution in [0.15, 0.2) is 42.5 Å². The molecule has 3 heteroatoms. The largest absolute Gasteiger partial charge is 0.469 e. The van der Waals surface area contributed by atoms with E-state index < -0.39 is 0 Å². The Morgan fingerprint density at radius 1 is 1.11 bits per heavy atom. The molecule has 0 heterocycles. The standard InChI is InChI=1S/C24H29NO2/c1-4-25(23-13-14-23)17-22-12-11-20(15-18(22)2)8-5-19-6-9-21(10-7-19)16-24(26)27-3/h5-12,15,23H,4,13-14,16-17H2,1-3H3. The van der Waals surface area contributed by atoms with E-state index in [-0.39, 0.29) is 5.97 Å². The lowest BCUT2D eigenvalue weighted by Crippen LogP contribution is -2.25. The predicted molar refractivity (Wildman–Crippen MR) is 111 cm³/mol. The molecular weight excluding hydrogens is 334 g/mol. The first-order valence-electron chi connectivity index (χ1n) is 9.76. The van der Waals surface area contributed by atoms with Gasteiger partial charge in [-0.05, 0) is 54.1 Å². The van der Waals surface area contributed by atoms with Gasteiger partial charge in [0, 0.05) is 12.6 Å². The topological polar surface area (TPSA) is 29.5 Å². The van der Waals surface area contributed by atoms with Crippen LogP contribution >= 0.6 is 0 Å². The van der Waals surface area contributed by atoms with Crippen molar-refractivity contribution in [2.24, 2.45) is 0 Å². The number of ether oxygens (including phenoxy) is 1. The molecule has 0 aromatic heterocycles. The number of nitrogens with zero attached hydrogens (tertiary/aromatic N) is 1. The second-order valence-electron chi connectivity index (χ2n) is 7.31. The van der Waals surface area contributed by atoms with Crippen molar-refractivity contribution in [1.29, 1.82) is 0 Å². The van der Waals surface area contributed by atoms with Crippen LogP contribution in [0, 0.1) is 6.92 Å². The zero-order valence-electron chi connectivity index (χ0n) is 16.6. The lowest BCUT2D eigenvalue weighted by Gasteiger charge is -2.21. The maximum Gasteiger partial charge on any atom is 0.309 e. The Balaban J connectivity index is 1.63. The summed E-state index contributed by atoms with van der Waals surface area (Å²) in [6.07, 6.45) is 7.28. The fourth-order valence-electron chi connectivity index (χ4n) is 3.34. The minimum Gasteiger partial charge on any atom is -0.469 e. The van der Waals surface area contributed by atoms with E-state index in [0.29, 0.717) is 6.42 Å². The summed E-state index contributed by atoms with van der Waals surface area (Å²) in [5, 5.41) is 0. The average molecular weight is 364 g/mol. The van der Waals surface area contributed by atoms with Gasteiger partial charge in [-0.3, -0.25) is 9.69 Å². The Morgan fingerprint density at radius 2 is 1.78 bits per heavy atom. The van der Waals surface area contributed by atoms with Gasteiger partial charge in [-0.15, -0.1) is 0 Å². The van der Waals surface area contributed by atoms with Gasteiger partial charge < -0.3 is 4.74 Å². The highest BCUT2D eigenvalue weighted by Gasteiger charge is 2.27. The lowest BCUT2D eigenvalue weighted by atomic mass is 10.0. The van der Waals surface area contributed by atoms with Gasteiger partial charge in [-0.25, -0.2) is 0 Å². The monoisotopic (exact) mass is 363 g/mol. The number of esters is 1. The van der Waals surface area contributed by atoms with E-state index in [9.17, 15) is 4.79 Å². The van der Waals surface area contributed by atoms with Crippen LogP contribution in [0.25, 0.3) is 12.2 Å². The van der Waals surface area contributed by atoms with Gasteiger partial charge in [0.25, 0.3) is 0 Å². The highest BCUT2D eigenvalue weighted by atomic mass is 16.5. The molecule has 2 aromatic rings. The Labute approximate surface area is 162 Å². The summed E-state index contributed by atoms with van der Waals surface area (Å²) in [5.41, 5.74) is 6.08. The van der Waals surface area contributed by atoms with Gasteiger partial charge in [0.1, 0.15) is 0 Å². The smallest absolute Gasteiger partial charge is 0.309 e. The molecule has 0 spiro atoms. The Morgan fingerprint density at radius 3 is 2.37 bits per heavy atom. The molecule has 0 bridgehead atoms. The number of rotatable bonds is 8. The Hall–Kier alpha value is -2.39. The second kappa shape index (κ2) is 9.01. The fraction of sp³-hybridized carbons (Fsp3) is 0.375. The molecule has 1 aliphatic rings. The first kappa shape index (κ1) is 19.4. The van der Waals surface area contributed by atoms with Crippen LogP contribution in [0.4, 0.5) is 0 Å². The molecule has 0 aliphatic heterocycles. The molecule has 1 aliphatic carbocycles. The minimum atomic E-state index is -0.211. The first-order valence-corrected chi connectivity index (χ1v) is 9.76. The van der Waals surface area contributed by atoms with Gasteiger partial charge in [-0.1, -0.05) is 61.5 Å². The third kappa shape index (κ3) is 5.54. The van der Waals surface area contributed by atoms with Gasteiger partial charge in [-0.2, -0.15) is 0 Å². The van der Waals surface area contributed by atoms with Crippen molar-refractivity contribution < 1.29 is 9.53 Å². The number of methoxy groups -OCH3 is 1. The third-order valence-corrected chi connectivity index (χ3v) is 5.23. The van der Waals surface area contributed by atoms with E-state index in [0.717, 1.165) is 30.3 Å². The maximum absolute atomic E-state index is 11.3. The van der Waals surface area contributed by atoms with Gasteiger partial charge in [0.2, 0.25) is 0 Å². The van der Waals surface area contributed by atoms with Crippen LogP contribution in [0.5, 0.6) is 0 Å². The fourth-order valence-corrected chi connectivity index (χ4v) is 3.34. The summed E-state index contributed by atoms with van der Waals surface area (Å²) in [5.74, 6) is -0.211. The number of carbonyl (C=O) groups excluding carboxylic acids is 1. The van der Waals surface area contributed by atoms with Gasteiger partial charge >= 0.3 is 5.97 Å². The SMILES string of the molecule is CCN(Cc1ccc(C=Cc2ccc(CC(=O)OC)cc2)cc1C)C1CC1. The number of aryl methyl sites for hydroxylation is 1. The number of hydrogen-bond donors (Lipinski definition) is 0. The highest BCUT2D eigenvalue weighted by molar-refractivity contribution is 5.73. The summed E-state index contributed by atoms with van der Waals surface area (Å²) < 4.78 is 4.70. The van der Waals surface area contributed by atoms with Crippen molar-refractivity contribution in [3.05, 3.63) is 70.3 Å². The van der Waals surface area contributed by atoms with E-state index in [2.05, 4.69) is 49.1 Å². The molecule has 142 valence electrons. The van der Waals surface area contributed by atoms with Crippen molar-refractivity contribution in [3.8, 4) is 0 Å². The second-order valence-corrected chi connectivity index (χ2v) is 7.31. The van der Waals surface area contributed by atoms with Crippen LogP contribution in [-0.2, 0) is 22.5 Å². The zero-order valence-corrected chi connectivity index (χ0v) is 16.6. The third-order valence-electron chi connectivity index (χ3n) is 5.23. The zero-order chi connectivity index (χ0) is 19.2. The summed E-state index contributed by atoms with van der Waals surface area (Å²) in [6.45, 7) is 6.63. The van der Waals surface area contributed by atoms with E-state index >= 15 is 0 Å². The molecule has 1 fully saturated rings. The van der Waals surface area contributed by atoms with Crippen LogP contribution in [0.2, 0.25) is 0 Å². The van der Waals surface area contributed by atoms with Crippen molar-refractivity contribution in [2.45, 2.75) is 45.7 Å². The van der Waals surface area contributed by atoms with Crippen molar-refractivity contribution in [3.63, 3.8) is 0 Å². The summed E-state index contributed by atoms with van der Waals surface area (Å²) in [6, 6.07) is 15.5. The van der Waals surface area contributed by atoms with E-state index in [4.69, 9.17) is 4.74 Å². The molecule has 0 atom stereocenters. The van der Waals surface area contributed by atoms with Crippen molar-refractivity contribution >= 4 is 18.1 Å². The van der Waals surface area contributed by atoms with Crippen LogP contribution in [0.1, 0.15) is 47.6 Å². The lowest BCUT2D eigenvalue weighted by molar-refractivity contribution is -0.139. The molecule has 27 heavy (non-hydrogen) atoms. The first-order chi connectivity index (χ1) is 13.1. The molecule has 1 saturated carbocycles. The number of carbonyl (C=O) groups is 1. The molecule has 2 aromatic carbocycles. The molecule has 0 unspecified atom stereocenters. The van der Waals surface area contributed by atoms with E-state index in [1.165, 1.54) is 36.6 Å². The summed E-state index contributed by atoms with van der Waals surface area (Å²) >= 11 is 0. The molecule has 3 nitrogen and oxygen atoms in total. The van der Waals surface area contributed by atoms with Crippen LogP contribution in [0.3, 0.4) is 0 Å². The molecule has 0 radical (unpaired) electrons. The quantitative estimate of drug-likeness (QED) is 0.495. The molecule has 3 rings (SSSR count). The average Bonchev–Trinajstić information content (AvgIpc) is 3.52. The normalized spacial score (nSPS) is 14.1. The maximum atomic E-state index is 11.3. The van der Waals surface area contributed by atoms with Gasteiger partial charge in [0.05, 0.1) is 13.5 Å². The van der Waals surface area contributed by atoms with Crippen LogP contribution in [-0.4, -0.2) is 30.6 Å². The van der Waals surface area contributed by atoms with E-state index in [1.54, 1.807) is 0 Å². The van der Waals surface area contributed by atoms with E-state index in [1.807, 2.05) is 24.3 Å². The number of hydrogen-bond acceptors (Lipinski definition) is 3. The molecule has 0 saturated heterocycles. The Kier molecular flexibility index (Phi) is 6.46. The van der Waals surface area contributed by atoms with Gasteiger partial charge in [0.15, 0.2) is 0 Å². The van der Waals surface area contributed by atoms with Crippen LogP contribution < -0.4 is 0 Å². The highest BCUT2D eigenvalue weighted by Crippen LogP contribution is 2.28. The summed E-state index contributed by atoms with van der Waals surface area (Å²) in [7, 11) is 1.42. The van der Waals surface area contributed by atoms with Crippen molar-refractivity contribution in [2.75, 3.05) is 13.7 Å². The molecule has 0 amide bonds. The molecule has 0 N–H and O–H groups in total. The summed E-state index contributed by atoms with van der Waals surface area (Å²) in [4.78, 5) is 13.9. The van der Waals surface area contributed by atoms with Crippen molar-refractivity contribution in [1.82, 2.24) is 4.90 Å².